The molecule has 0 radical (unpaired) electrons. The van der Waals surface area contributed by atoms with E-state index in [1.807, 2.05) is 12.1 Å². The lowest BCUT2D eigenvalue weighted by Gasteiger charge is -2.47. The van der Waals surface area contributed by atoms with E-state index in [1.54, 1.807) is 17.4 Å². The van der Waals surface area contributed by atoms with E-state index in [-0.39, 0.29) is 5.82 Å². The van der Waals surface area contributed by atoms with Crippen molar-refractivity contribution in [3.05, 3.63) is 58.0 Å². The second-order valence-corrected chi connectivity index (χ2v) is 10.2. The molecule has 0 bridgehead atoms. The maximum atomic E-state index is 13.4. The summed E-state index contributed by atoms with van der Waals surface area (Å²) in [5, 5.41) is 18.7. The Balaban J connectivity index is 0.000000317. The monoisotopic (exact) mass is 586 g/mol. The Bertz CT molecular complexity index is 1020. The molecule has 0 unspecified atom stereocenters. The molecule has 0 amide bonds. The van der Waals surface area contributed by atoms with E-state index < -0.39 is 24.3 Å². The zero-order chi connectivity index (χ0) is 29.3. The van der Waals surface area contributed by atoms with Gasteiger partial charge in [0.1, 0.15) is 5.82 Å². The minimum absolute atomic E-state index is 0.121. The predicted molar refractivity (Wildman–Crippen MR) is 130 cm³/mol. The molecule has 1 aromatic heterocycles. The number of thiophene rings is 1. The third-order valence-electron chi connectivity index (χ3n) is 6.60. The van der Waals surface area contributed by atoms with Crippen LogP contribution in [0, 0.1) is 11.2 Å². The number of rotatable bonds is 4. The summed E-state index contributed by atoms with van der Waals surface area (Å²) in [6.45, 7) is 6.78. The number of carbonyl (C=O) groups is 2. The van der Waals surface area contributed by atoms with E-state index in [0.717, 1.165) is 31.7 Å². The number of halogens is 7. The second kappa shape index (κ2) is 14.1. The van der Waals surface area contributed by atoms with Crippen molar-refractivity contribution in [2.45, 2.75) is 51.1 Å². The van der Waals surface area contributed by atoms with Gasteiger partial charge in [-0.1, -0.05) is 12.1 Å². The number of aliphatic carboxylic acids is 2. The molecular weight excluding hydrogens is 557 g/mol. The standard InChI is InChI=1S/C21H27FN2S.2C2HF3O2/c22-20-3-1-2-18(14-20)15-23-9-5-21(6-10-23)7-11-24(12-8-21)16-19-4-13-25-17-19;2*3-2(4,5)1(6)7/h1-4,13-14,17H,5-12,15-16H2;2*(H,6,7). The third kappa shape index (κ3) is 11.5. The Morgan fingerprint density at radius 3 is 1.59 bits per heavy atom. The van der Waals surface area contributed by atoms with Crippen LogP contribution in [0.15, 0.2) is 41.1 Å². The largest absolute Gasteiger partial charge is 0.490 e. The van der Waals surface area contributed by atoms with Crippen molar-refractivity contribution >= 4 is 23.3 Å². The number of alkyl halides is 6. The number of benzene rings is 1. The highest BCUT2D eigenvalue weighted by Gasteiger charge is 2.39. The molecule has 2 N–H and O–H groups in total. The highest BCUT2D eigenvalue weighted by atomic mass is 32.1. The maximum absolute atomic E-state index is 13.4. The SMILES string of the molecule is Fc1cccc(CN2CCC3(CCN(Cc4ccsc4)CC3)CC2)c1.O=C(O)C(F)(F)F.O=C(O)C(F)(F)F. The van der Waals surface area contributed by atoms with Crippen molar-refractivity contribution in [3.8, 4) is 0 Å². The molecule has 2 fully saturated rings. The fourth-order valence-electron chi connectivity index (χ4n) is 4.41. The third-order valence-corrected chi connectivity index (χ3v) is 7.33. The Morgan fingerprint density at radius 2 is 1.23 bits per heavy atom. The molecular formula is C25H29F7N2O4S. The molecule has 4 rings (SSSR count). The summed E-state index contributed by atoms with van der Waals surface area (Å²) in [5.74, 6) is -5.64. The van der Waals surface area contributed by atoms with Crippen LogP contribution in [0.5, 0.6) is 0 Å². The molecule has 39 heavy (non-hydrogen) atoms. The van der Waals surface area contributed by atoms with Crippen LogP contribution in [0.2, 0.25) is 0 Å². The smallest absolute Gasteiger partial charge is 0.475 e. The van der Waals surface area contributed by atoms with Gasteiger partial charge in [-0.2, -0.15) is 37.7 Å². The number of nitrogens with zero attached hydrogens (tertiary/aromatic N) is 2. The quantitative estimate of drug-likeness (QED) is 0.426. The molecule has 2 aliphatic rings. The van der Waals surface area contributed by atoms with Crippen LogP contribution in [-0.4, -0.2) is 70.5 Å². The summed E-state index contributed by atoms with van der Waals surface area (Å²) in [7, 11) is 0. The average molecular weight is 587 g/mol. The number of carboxylic acid groups (broad SMARTS) is 2. The summed E-state index contributed by atoms with van der Waals surface area (Å²) < 4.78 is 76.8. The summed E-state index contributed by atoms with van der Waals surface area (Å²) >= 11 is 1.80. The summed E-state index contributed by atoms with van der Waals surface area (Å²) in [6.07, 6.45) is -4.89. The molecule has 0 atom stereocenters. The van der Waals surface area contributed by atoms with Gasteiger partial charge in [-0.3, -0.25) is 9.80 Å². The number of carboxylic acids is 2. The number of hydrogen-bond acceptors (Lipinski definition) is 5. The van der Waals surface area contributed by atoms with Crippen molar-refractivity contribution in [1.29, 1.82) is 0 Å². The molecule has 2 aromatic rings. The Hall–Kier alpha value is -2.71. The van der Waals surface area contributed by atoms with Gasteiger partial charge in [-0.05, 0) is 97.4 Å². The van der Waals surface area contributed by atoms with E-state index in [2.05, 4.69) is 26.6 Å². The van der Waals surface area contributed by atoms with Gasteiger partial charge in [0.25, 0.3) is 0 Å². The summed E-state index contributed by atoms with van der Waals surface area (Å²) in [5.41, 5.74) is 3.12. The highest BCUT2D eigenvalue weighted by molar-refractivity contribution is 7.07. The molecule has 2 aliphatic heterocycles. The van der Waals surface area contributed by atoms with Gasteiger partial charge < -0.3 is 10.2 Å². The van der Waals surface area contributed by atoms with Crippen molar-refractivity contribution in [2.75, 3.05) is 26.2 Å². The van der Waals surface area contributed by atoms with E-state index in [4.69, 9.17) is 19.8 Å². The fourth-order valence-corrected chi connectivity index (χ4v) is 5.07. The zero-order valence-corrected chi connectivity index (χ0v) is 21.6. The highest BCUT2D eigenvalue weighted by Crippen LogP contribution is 2.41. The molecule has 6 nitrogen and oxygen atoms in total. The minimum atomic E-state index is -5.08. The van der Waals surface area contributed by atoms with E-state index in [1.165, 1.54) is 50.4 Å². The molecule has 14 heteroatoms. The van der Waals surface area contributed by atoms with Gasteiger partial charge >= 0.3 is 24.3 Å². The van der Waals surface area contributed by atoms with Gasteiger partial charge in [-0.15, -0.1) is 0 Å². The lowest BCUT2D eigenvalue weighted by molar-refractivity contribution is -0.193. The maximum Gasteiger partial charge on any atom is 0.490 e. The van der Waals surface area contributed by atoms with Crippen molar-refractivity contribution in [1.82, 2.24) is 9.80 Å². The summed E-state index contributed by atoms with van der Waals surface area (Å²) in [6, 6.07) is 9.31. The van der Waals surface area contributed by atoms with Crippen LogP contribution in [0.25, 0.3) is 0 Å². The van der Waals surface area contributed by atoms with Crippen molar-refractivity contribution < 1.29 is 50.5 Å². The van der Waals surface area contributed by atoms with E-state index in [9.17, 15) is 30.7 Å². The van der Waals surface area contributed by atoms with Gasteiger partial charge in [0.05, 0.1) is 0 Å². The number of hydrogen-bond donors (Lipinski definition) is 2. The topological polar surface area (TPSA) is 81.1 Å². The molecule has 0 aliphatic carbocycles. The fraction of sp³-hybridized carbons (Fsp3) is 0.520. The average Bonchev–Trinajstić information content (AvgIpc) is 3.35. The number of piperidine rings is 2. The minimum Gasteiger partial charge on any atom is -0.475 e. The second-order valence-electron chi connectivity index (χ2n) is 9.42. The zero-order valence-electron chi connectivity index (χ0n) is 20.8. The lowest BCUT2D eigenvalue weighted by atomic mass is 9.71. The van der Waals surface area contributed by atoms with Crippen LogP contribution in [0.4, 0.5) is 30.7 Å². The Kier molecular flexibility index (Phi) is 11.7. The van der Waals surface area contributed by atoms with Crippen LogP contribution in [0.3, 0.4) is 0 Å². The van der Waals surface area contributed by atoms with Gasteiger partial charge in [0, 0.05) is 13.1 Å². The van der Waals surface area contributed by atoms with Crippen LogP contribution in [0.1, 0.15) is 36.8 Å². The number of likely N-dealkylation sites (tertiary alicyclic amines) is 2. The van der Waals surface area contributed by atoms with E-state index in [0.29, 0.717) is 5.41 Å². The first-order chi connectivity index (χ1) is 18.1. The molecule has 1 aromatic carbocycles. The predicted octanol–water partition coefficient (Wildman–Crippen LogP) is 6.03. The molecule has 1 spiro atoms. The molecule has 2 saturated heterocycles. The molecule has 3 heterocycles. The molecule has 0 saturated carbocycles. The van der Waals surface area contributed by atoms with Crippen LogP contribution < -0.4 is 0 Å². The van der Waals surface area contributed by atoms with Gasteiger partial charge in [0.2, 0.25) is 0 Å². The Morgan fingerprint density at radius 1 is 0.795 bits per heavy atom. The van der Waals surface area contributed by atoms with Crippen molar-refractivity contribution in [3.63, 3.8) is 0 Å². The van der Waals surface area contributed by atoms with E-state index >= 15 is 0 Å². The first kappa shape index (κ1) is 32.5. The first-order valence-electron chi connectivity index (χ1n) is 11.9. The Labute approximate surface area is 224 Å². The van der Waals surface area contributed by atoms with Gasteiger partial charge in [-0.25, -0.2) is 14.0 Å². The van der Waals surface area contributed by atoms with Crippen LogP contribution in [-0.2, 0) is 22.7 Å². The normalized spacial score (nSPS) is 17.9. The van der Waals surface area contributed by atoms with Crippen LogP contribution >= 0.6 is 11.3 Å². The van der Waals surface area contributed by atoms with Crippen molar-refractivity contribution in [2.24, 2.45) is 5.41 Å². The van der Waals surface area contributed by atoms with Gasteiger partial charge in [0.15, 0.2) is 0 Å². The molecule has 218 valence electrons. The first-order valence-corrected chi connectivity index (χ1v) is 12.8. The summed E-state index contributed by atoms with van der Waals surface area (Å²) in [4.78, 5) is 22.9. The lowest BCUT2D eigenvalue weighted by Crippen LogP contribution is -2.46.